The molecule has 0 saturated heterocycles. The number of hydrogen-bond donors (Lipinski definition) is 2. The molecule has 4 aromatic rings. The number of carboxylic acids is 1. The number of nitrogens with zero attached hydrogens (tertiary/aromatic N) is 1. The van der Waals surface area contributed by atoms with Gasteiger partial charge in [-0.25, -0.2) is 10.2 Å². The quantitative estimate of drug-likeness (QED) is 0.343. The molecule has 0 aliphatic heterocycles. The van der Waals surface area contributed by atoms with Crippen molar-refractivity contribution in [1.82, 2.24) is 5.43 Å². The van der Waals surface area contributed by atoms with Crippen molar-refractivity contribution in [3.8, 4) is 11.3 Å². The molecule has 1 amide bonds. The van der Waals surface area contributed by atoms with Gasteiger partial charge >= 0.3 is 5.97 Å². The van der Waals surface area contributed by atoms with Gasteiger partial charge < -0.3 is 9.52 Å². The van der Waals surface area contributed by atoms with Crippen molar-refractivity contribution in [2.45, 2.75) is 0 Å². The maximum absolute atomic E-state index is 12.3. The lowest BCUT2D eigenvalue weighted by Gasteiger charge is -2.02. The Bertz CT molecular complexity index is 1290. The number of aromatic carboxylic acids is 1. The lowest BCUT2D eigenvalue weighted by Crippen LogP contribution is -2.17. The molecular weight excluding hydrogens is 404 g/mol. The van der Waals surface area contributed by atoms with Crippen molar-refractivity contribution in [3.63, 3.8) is 0 Å². The van der Waals surface area contributed by atoms with Gasteiger partial charge in [0.2, 0.25) is 0 Å². The zero-order chi connectivity index (χ0) is 21.1. The Morgan fingerprint density at radius 2 is 1.77 bits per heavy atom. The summed E-state index contributed by atoms with van der Waals surface area (Å²) in [5, 5.41) is 15.3. The van der Waals surface area contributed by atoms with Gasteiger partial charge in [0.15, 0.2) is 0 Å². The third-order valence-electron chi connectivity index (χ3n) is 4.48. The van der Waals surface area contributed by atoms with E-state index in [1.807, 2.05) is 30.3 Å². The first-order valence-corrected chi connectivity index (χ1v) is 9.34. The Morgan fingerprint density at radius 3 is 2.57 bits per heavy atom. The second-order valence-electron chi connectivity index (χ2n) is 6.46. The molecule has 0 saturated carbocycles. The Kier molecular flexibility index (Phi) is 5.32. The van der Waals surface area contributed by atoms with Gasteiger partial charge in [-0.3, -0.25) is 4.79 Å². The number of furan rings is 1. The largest absolute Gasteiger partial charge is 0.478 e. The molecule has 7 heteroatoms. The molecule has 0 fully saturated rings. The first-order valence-electron chi connectivity index (χ1n) is 8.96. The number of carbonyl (C=O) groups is 2. The van der Waals surface area contributed by atoms with E-state index in [4.69, 9.17) is 16.0 Å². The van der Waals surface area contributed by atoms with Crippen LogP contribution in [0.3, 0.4) is 0 Å². The second kappa shape index (κ2) is 8.23. The second-order valence-corrected chi connectivity index (χ2v) is 6.87. The molecule has 4 rings (SSSR count). The van der Waals surface area contributed by atoms with Crippen LogP contribution >= 0.6 is 11.6 Å². The van der Waals surface area contributed by atoms with Crippen molar-refractivity contribution in [2.75, 3.05) is 0 Å². The fourth-order valence-electron chi connectivity index (χ4n) is 2.97. The molecule has 0 spiro atoms. The van der Waals surface area contributed by atoms with Gasteiger partial charge in [-0.2, -0.15) is 5.10 Å². The van der Waals surface area contributed by atoms with Crippen molar-refractivity contribution in [3.05, 3.63) is 94.7 Å². The third-order valence-corrected chi connectivity index (χ3v) is 4.81. The summed E-state index contributed by atoms with van der Waals surface area (Å²) in [4.78, 5) is 23.5. The number of hydrazone groups is 1. The molecule has 0 aliphatic carbocycles. The van der Waals surface area contributed by atoms with E-state index in [1.54, 1.807) is 30.3 Å². The number of hydrogen-bond acceptors (Lipinski definition) is 4. The van der Waals surface area contributed by atoms with Crippen molar-refractivity contribution < 1.29 is 19.1 Å². The number of amides is 1. The molecule has 2 N–H and O–H groups in total. The van der Waals surface area contributed by atoms with E-state index in [0.29, 0.717) is 22.6 Å². The molecule has 0 bridgehead atoms. The maximum atomic E-state index is 12.3. The minimum atomic E-state index is -1.12. The predicted octanol–water partition coefficient (Wildman–Crippen LogP) is 5.22. The standard InChI is InChI=1S/C23H15ClN2O4/c24-20-9-7-16(12-19(20)23(28)29)21-10-8-18(30-21)13-25-26-22(27)17-6-5-14-3-1-2-4-15(14)11-17/h1-13H,(H,26,27)(H,28,29)/b25-13-. The van der Waals surface area contributed by atoms with Crippen molar-refractivity contribution in [1.29, 1.82) is 0 Å². The van der Waals surface area contributed by atoms with Crippen LogP contribution in [0.2, 0.25) is 5.02 Å². The summed E-state index contributed by atoms with van der Waals surface area (Å²) in [5.74, 6) is -0.605. The maximum Gasteiger partial charge on any atom is 0.337 e. The average molecular weight is 419 g/mol. The van der Waals surface area contributed by atoms with Crippen molar-refractivity contribution in [2.24, 2.45) is 5.10 Å². The number of benzene rings is 3. The van der Waals surface area contributed by atoms with Crippen LogP contribution in [0.4, 0.5) is 0 Å². The molecule has 0 radical (unpaired) electrons. The summed E-state index contributed by atoms with van der Waals surface area (Å²) in [7, 11) is 0. The van der Waals surface area contributed by atoms with Gasteiger partial charge in [-0.1, -0.05) is 41.9 Å². The van der Waals surface area contributed by atoms with Crippen LogP contribution in [0, 0.1) is 0 Å². The van der Waals surface area contributed by atoms with E-state index in [-0.39, 0.29) is 16.5 Å². The third kappa shape index (κ3) is 4.09. The van der Waals surface area contributed by atoms with Crippen LogP contribution in [0.1, 0.15) is 26.5 Å². The van der Waals surface area contributed by atoms with Gasteiger partial charge in [0.25, 0.3) is 5.91 Å². The zero-order valence-electron chi connectivity index (χ0n) is 15.5. The van der Waals surface area contributed by atoms with Crippen LogP contribution in [0.5, 0.6) is 0 Å². The highest BCUT2D eigenvalue weighted by Gasteiger charge is 2.12. The molecule has 148 valence electrons. The number of fused-ring (bicyclic) bond motifs is 1. The lowest BCUT2D eigenvalue weighted by atomic mass is 10.1. The van der Waals surface area contributed by atoms with Crippen LogP contribution in [0.25, 0.3) is 22.1 Å². The number of rotatable bonds is 5. The first-order chi connectivity index (χ1) is 14.5. The molecule has 1 aromatic heterocycles. The molecule has 30 heavy (non-hydrogen) atoms. The molecular formula is C23H15ClN2O4. The van der Waals surface area contributed by atoms with E-state index in [1.165, 1.54) is 18.3 Å². The predicted molar refractivity (Wildman–Crippen MR) is 115 cm³/mol. The molecule has 3 aromatic carbocycles. The monoisotopic (exact) mass is 418 g/mol. The van der Waals surface area contributed by atoms with Gasteiger partial charge in [0, 0.05) is 11.1 Å². The minimum absolute atomic E-state index is 0.0107. The molecule has 1 heterocycles. The highest BCUT2D eigenvalue weighted by Crippen LogP contribution is 2.26. The number of halogens is 1. The molecule has 0 unspecified atom stereocenters. The van der Waals surface area contributed by atoms with Crippen LogP contribution in [-0.2, 0) is 0 Å². The van der Waals surface area contributed by atoms with E-state index < -0.39 is 5.97 Å². The van der Waals surface area contributed by atoms with E-state index in [2.05, 4.69) is 10.5 Å². The number of nitrogens with one attached hydrogen (secondary N) is 1. The molecule has 0 atom stereocenters. The summed E-state index contributed by atoms with van der Waals surface area (Å²) >= 11 is 5.89. The normalized spacial score (nSPS) is 11.1. The van der Waals surface area contributed by atoms with Gasteiger partial charge in [0.05, 0.1) is 16.8 Å². The van der Waals surface area contributed by atoms with E-state index in [9.17, 15) is 14.7 Å². The van der Waals surface area contributed by atoms with Crippen LogP contribution < -0.4 is 5.43 Å². The summed E-state index contributed by atoms with van der Waals surface area (Å²) in [6, 6.07) is 21.1. The smallest absolute Gasteiger partial charge is 0.337 e. The Labute approximate surface area is 176 Å². The topological polar surface area (TPSA) is 91.9 Å². The summed E-state index contributed by atoms with van der Waals surface area (Å²) in [5.41, 5.74) is 3.52. The Hall–Kier alpha value is -3.90. The van der Waals surface area contributed by atoms with Crippen molar-refractivity contribution >= 4 is 40.5 Å². The average Bonchev–Trinajstić information content (AvgIpc) is 3.22. The highest BCUT2D eigenvalue weighted by molar-refractivity contribution is 6.33. The fourth-order valence-corrected chi connectivity index (χ4v) is 3.17. The van der Waals surface area contributed by atoms with Gasteiger partial charge in [-0.15, -0.1) is 0 Å². The van der Waals surface area contributed by atoms with Crippen LogP contribution in [0.15, 0.2) is 82.3 Å². The van der Waals surface area contributed by atoms with Crippen LogP contribution in [-0.4, -0.2) is 23.2 Å². The lowest BCUT2D eigenvalue weighted by molar-refractivity contribution is 0.0697. The number of carboxylic acid groups (broad SMARTS) is 1. The van der Waals surface area contributed by atoms with E-state index >= 15 is 0 Å². The van der Waals surface area contributed by atoms with Gasteiger partial charge in [-0.05, 0) is 53.2 Å². The van der Waals surface area contributed by atoms with E-state index in [0.717, 1.165) is 10.8 Å². The highest BCUT2D eigenvalue weighted by atomic mass is 35.5. The zero-order valence-corrected chi connectivity index (χ0v) is 16.3. The summed E-state index contributed by atoms with van der Waals surface area (Å²) in [6.45, 7) is 0. The summed E-state index contributed by atoms with van der Waals surface area (Å²) < 4.78 is 5.65. The van der Waals surface area contributed by atoms with Gasteiger partial charge in [0.1, 0.15) is 11.5 Å². The molecule has 0 aliphatic rings. The minimum Gasteiger partial charge on any atom is -0.478 e. The SMILES string of the molecule is O=C(N/N=C\c1ccc(-c2ccc(Cl)c(C(=O)O)c2)o1)c1ccc2ccccc2c1. The molecule has 6 nitrogen and oxygen atoms in total. The first kappa shape index (κ1) is 19.4. The number of carbonyl (C=O) groups excluding carboxylic acids is 1. The Morgan fingerprint density at radius 1 is 0.967 bits per heavy atom. The fraction of sp³-hybridized carbons (Fsp3) is 0. The summed E-state index contributed by atoms with van der Waals surface area (Å²) in [6.07, 6.45) is 1.37. The Balaban J connectivity index is 1.46.